The number of anilines is 2. The highest BCUT2D eigenvalue weighted by Gasteiger charge is 2.54. The Hall–Kier alpha value is -4.67. The van der Waals surface area contributed by atoms with Crippen LogP contribution in [0.4, 0.5) is 21.0 Å². The number of hydrogen-bond donors (Lipinski definition) is 3. The van der Waals surface area contributed by atoms with Gasteiger partial charge in [0.2, 0.25) is 5.91 Å². The maximum atomic E-state index is 12.8. The summed E-state index contributed by atoms with van der Waals surface area (Å²) >= 11 is 0. The van der Waals surface area contributed by atoms with Crippen LogP contribution in [0.25, 0.3) is 10.9 Å². The first-order valence-electron chi connectivity index (χ1n) is 14.5. The lowest BCUT2D eigenvalue weighted by molar-refractivity contribution is -0.125. The van der Waals surface area contributed by atoms with Crippen LogP contribution in [0.1, 0.15) is 49.6 Å². The van der Waals surface area contributed by atoms with Gasteiger partial charge in [-0.25, -0.2) is 9.59 Å². The molecule has 11 heteroatoms. The normalized spacial score (nSPS) is 23.9. The number of benzene rings is 2. The molecule has 3 aromatic rings. The first-order chi connectivity index (χ1) is 20.4. The lowest BCUT2D eigenvalue weighted by Crippen LogP contribution is -2.49. The molecule has 5 amide bonds. The summed E-state index contributed by atoms with van der Waals surface area (Å²) in [5, 5.41) is 9.35. The number of carbonyl (C=O) groups is 4. The van der Waals surface area contributed by atoms with Gasteiger partial charge in [-0.1, -0.05) is 12.1 Å². The molecule has 1 aromatic heterocycles. The molecule has 1 fully saturated rings. The number of aromatic nitrogens is 1. The molecule has 2 aromatic carbocycles. The largest absolute Gasteiger partial charge is 0.444 e. The van der Waals surface area contributed by atoms with Crippen LogP contribution < -0.4 is 20.9 Å². The number of hydrogen-bond acceptors (Lipinski definition) is 7. The Morgan fingerprint density at radius 1 is 1.05 bits per heavy atom. The highest BCUT2D eigenvalue weighted by atomic mass is 16.6. The zero-order chi connectivity index (χ0) is 30.3. The van der Waals surface area contributed by atoms with Gasteiger partial charge in [0, 0.05) is 67.1 Å². The fourth-order valence-corrected chi connectivity index (χ4v) is 7.19. The van der Waals surface area contributed by atoms with Gasteiger partial charge in [-0.2, -0.15) is 0 Å². The number of fused-ring (bicyclic) bond motifs is 2. The minimum Gasteiger partial charge on any atom is -0.444 e. The number of rotatable bonds is 4. The second-order valence-corrected chi connectivity index (χ2v) is 13.2. The molecule has 2 atom stereocenters. The number of ether oxygens (including phenoxy) is 1. The summed E-state index contributed by atoms with van der Waals surface area (Å²) in [6, 6.07) is 13.7. The summed E-state index contributed by atoms with van der Waals surface area (Å²) in [4.78, 5) is 59.1. The molecule has 1 saturated heterocycles. The quantitative estimate of drug-likeness (QED) is 0.402. The standard InChI is InChI=1S/C32H34N6O5/c1-30(2,3)43-29(42)33-16-31-14-25(39)35-22-6-5-7-24(26(22)31)38(17-31)15-21-9-8-18-10-19-12-32(13-20(19)11-23(18)34-21)27(40)36-28(41)37(32)4/h5-11H,12-17H2,1-4H3,(H,33,42)(H,35,39)(H,36,40,41). The number of likely N-dealkylation sites (N-methyl/N-ethyl adjacent to an activating group) is 1. The van der Waals surface area contributed by atoms with Gasteiger partial charge in [0.25, 0.3) is 5.91 Å². The van der Waals surface area contributed by atoms with Gasteiger partial charge in [-0.15, -0.1) is 0 Å². The number of pyridine rings is 1. The lowest BCUT2D eigenvalue weighted by Gasteiger charge is -2.35. The molecule has 7 rings (SSSR count). The number of nitrogens with zero attached hydrogens (tertiary/aromatic N) is 3. The molecule has 3 N–H and O–H groups in total. The summed E-state index contributed by atoms with van der Waals surface area (Å²) in [5.74, 6) is -0.341. The third-order valence-corrected chi connectivity index (χ3v) is 9.13. The second-order valence-electron chi connectivity index (χ2n) is 13.2. The van der Waals surface area contributed by atoms with Crippen LogP contribution in [0, 0.1) is 0 Å². The van der Waals surface area contributed by atoms with Gasteiger partial charge >= 0.3 is 12.1 Å². The summed E-state index contributed by atoms with van der Waals surface area (Å²) in [7, 11) is 1.67. The van der Waals surface area contributed by atoms with E-state index in [0.29, 0.717) is 25.9 Å². The smallest absolute Gasteiger partial charge is 0.407 e. The Bertz CT molecular complexity index is 1750. The fraction of sp³-hybridized carbons (Fsp3) is 0.406. The molecule has 1 aliphatic carbocycles. The molecule has 0 radical (unpaired) electrons. The predicted molar refractivity (Wildman–Crippen MR) is 160 cm³/mol. The van der Waals surface area contributed by atoms with Crippen molar-refractivity contribution in [2.45, 2.75) is 63.1 Å². The SMILES string of the molecule is CN1C(=O)NC(=O)C12Cc1cc3ccc(CN4CC5(CNC(=O)OC(C)(C)C)CC(=O)Nc6cccc4c65)nc3cc1C2. The molecule has 4 aliphatic rings. The van der Waals surface area contributed by atoms with Crippen molar-refractivity contribution < 1.29 is 23.9 Å². The van der Waals surface area contributed by atoms with E-state index < -0.39 is 22.6 Å². The summed E-state index contributed by atoms with van der Waals surface area (Å²) in [6.45, 7) is 6.76. The summed E-state index contributed by atoms with van der Waals surface area (Å²) in [6.07, 6.45) is 0.663. The molecule has 1 spiro atoms. The van der Waals surface area contributed by atoms with E-state index in [1.807, 2.05) is 57.2 Å². The molecule has 43 heavy (non-hydrogen) atoms. The molecule has 3 aliphatic heterocycles. The van der Waals surface area contributed by atoms with E-state index in [1.54, 1.807) is 7.05 Å². The van der Waals surface area contributed by atoms with E-state index in [0.717, 1.165) is 44.7 Å². The van der Waals surface area contributed by atoms with Crippen molar-refractivity contribution in [3.8, 4) is 0 Å². The monoisotopic (exact) mass is 582 g/mol. The van der Waals surface area contributed by atoms with Crippen molar-refractivity contribution in [2.24, 2.45) is 0 Å². The molecule has 222 valence electrons. The van der Waals surface area contributed by atoms with Crippen LogP contribution >= 0.6 is 0 Å². The van der Waals surface area contributed by atoms with Crippen LogP contribution in [0.15, 0.2) is 42.5 Å². The minimum absolute atomic E-state index is 0.0868. The van der Waals surface area contributed by atoms with Gasteiger partial charge in [0.15, 0.2) is 0 Å². The molecule has 11 nitrogen and oxygen atoms in total. The van der Waals surface area contributed by atoms with Crippen molar-refractivity contribution in [1.29, 1.82) is 0 Å². The number of alkyl carbamates (subject to hydrolysis) is 1. The number of amides is 5. The van der Waals surface area contributed by atoms with Crippen LogP contribution in [0.5, 0.6) is 0 Å². The van der Waals surface area contributed by atoms with Crippen molar-refractivity contribution in [3.63, 3.8) is 0 Å². The minimum atomic E-state index is -0.884. The molecular weight excluding hydrogens is 548 g/mol. The molecule has 0 bridgehead atoms. The Balaban J connectivity index is 1.17. The fourth-order valence-electron chi connectivity index (χ4n) is 7.19. The molecule has 2 unspecified atom stereocenters. The van der Waals surface area contributed by atoms with Crippen LogP contribution in [0.3, 0.4) is 0 Å². The maximum absolute atomic E-state index is 12.8. The van der Waals surface area contributed by atoms with Gasteiger partial charge < -0.3 is 25.2 Å². The summed E-state index contributed by atoms with van der Waals surface area (Å²) in [5.41, 5.74) is 4.42. The molecular formula is C32H34N6O5. The number of nitrogens with one attached hydrogen (secondary N) is 3. The van der Waals surface area contributed by atoms with Crippen LogP contribution in [-0.2, 0) is 39.1 Å². The molecule has 4 heterocycles. The lowest BCUT2D eigenvalue weighted by atomic mass is 9.76. The van der Waals surface area contributed by atoms with E-state index in [9.17, 15) is 19.2 Å². The van der Waals surface area contributed by atoms with Crippen LogP contribution in [-0.4, -0.2) is 65.1 Å². The van der Waals surface area contributed by atoms with E-state index in [1.165, 1.54) is 4.90 Å². The zero-order valence-electron chi connectivity index (χ0n) is 24.7. The molecule has 0 saturated carbocycles. The number of urea groups is 1. The van der Waals surface area contributed by atoms with Crippen molar-refractivity contribution in [1.82, 2.24) is 20.5 Å². The number of imide groups is 1. The van der Waals surface area contributed by atoms with E-state index in [2.05, 4.69) is 26.9 Å². The van der Waals surface area contributed by atoms with Crippen molar-refractivity contribution in [3.05, 3.63) is 64.8 Å². The van der Waals surface area contributed by atoms with Crippen molar-refractivity contribution in [2.75, 3.05) is 30.4 Å². The van der Waals surface area contributed by atoms with E-state index in [-0.39, 0.29) is 30.8 Å². The Kier molecular flexibility index (Phi) is 5.79. The zero-order valence-corrected chi connectivity index (χ0v) is 24.7. The van der Waals surface area contributed by atoms with Crippen LogP contribution in [0.2, 0.25) is 0 Å². The first kappa shape index (κ1) is 27.2. The predicted octanol–water partition coefficient (Wildman–Crippen LogP) is 3.38. The Morgan fingerprint density at radius 2 is 1.81 bits per heavy atom. The third-order valence-electron chi connectivity index (χ3n) is 9.13. The topological polar surface area (TPSA) is 133 Å². The third kappa shape index (κ3) is 4.36. The summed E-state index contributed by atoms with van der Waals surface area (Å²) < 4.78 is 5.48. The average molecular weight is 583 g/mol. The maximum Gasteiger partial charge on any atom is 0.407 e. The average Bonchev–Trinajstić information content (AvgIpc) is 3.52. The van der Waals surface area contributed by atoms with Gasteiger partial charge in [0.1, 0.15) is 11.1 Å². The van der Waals surface area contributed by atoms with Gasteiger partial charge in [-0.3, -0.25) is 19.9 Å². The Morgan fingerprint density at radius 3 is 2.53 bits per heavy atom. The van der Waals surface area contributed by atoms with Crippen molar-refractivity contribution >= 4 is 46.2 Å². The van der Waals surface area contributed by atoms with E-state index >= 15 is 0 Å². The van der Waals surface area contributed by atoms with Gasteiger partial charge in [-0.05, 0) is 62.2 Å². The van der Waals surface area contributed by atoms with E-state index in [4.69, 9.17) is 9.72 Å². The first-order valence-corrected chi connectivity index (χ1v) is 14.5. The highest BCUT2D eigenvalue weighted by Crippen LogP contribution is 2.49. The highest BCUT2D eigenvalue weighted by molar-refractivity contribution is 6.08. The second kappa shape index (κ2) is 9.16. The Labute approximate surface area is 248 Å². The number of carbonyl (C=O) groups excluding carboxylic acids is 4. The van der Waals surface area contributed by atoms with Gasteiger partial charge in [0.05, 0.1) is 17.8 Å².